The number of likely N-dealkylation sites (N-methyl/N-ethyl adjacent to an activating group) is 1. The number of aryl methyl sites for hydroxylation is 1. The quantitative estimate of drug-likeness (QED) is 0.659. The third-order valence-electron chi connectivity index (χ3n) is 4.91. The van der Waals surface area contributed by atoms with E-state index in [0.717, 1.165) is 29.7 Å². The van der Waals surface area contributed by atoms with Crippen molar-refractivity contribution in [3.05, 3.63) is 29.3 Å². The Morgan fingerprint density at radius 3 is 2.65 bits per heavy atom. The maximum Gasteiger partial charge on any atom is 0.317 e. The second-order valence-electron chi connectivity index (χ2n) is 6.86. The van der Waals surface area contributed by atoms with Crippen LogP contribution in [0.3, 0.4) is 0 Å². The van der Waals surface area contributed by atoms with E-state index in [9.17, 15) is 9.59 Å². The van der Waals surface area contributed by atoms with Crippen LogP contribution in [-0.2, 0) is 4.79 Å². The predicted molar refractivity (Wildman–Crippen MR) is 99.5 cm³/mol. The summed E-state index contributed by atoms with van der Waals surface area (Å²) in [5, 5.41) is 14.8. The van der Waals surface area contributed by atoms with Crippen LogP contribution >= 0.6 is 0 Å². The molecule has 1 aliphatic rings. The molecule has 0 saturated heterocycles. The van der Waals surface area contributed by atoms with Crippen LogP contribution in [0.15, 0.2) is 18.2 Å². The number of ether oxygens (including phenoxy) is 1. The van der Waals surface area contributed by atoms with Crippen molar-refractivity contribution in [1.29, 1.82) is 0 Å². The Labute approximate surface area is 154 Å². The Hall–Kier alpha value is -2.28. The van der Waals surface area contributed by atoms with Crippen molar-refractivity contribution in [1.82, 2.24) is 15.5 Å². The van der Waals surface area contributed by atoms with Crippen LogP contribution in [0.25, 0.3) is 0 Å². The molecule has 0 heterocycles. The fraction of sp³-hybridized carbons (Fsp3) is 0.579. The van der Waals surface area contributed by atoms with E-state index in [2.05, 4.69) is 10.6 Å². The number of nitrogens with one attached hydrogen (secondary N) is 2. The van der Waals surface area contributed by atoms with E-state index in [1.54, 1.807) is 7.11 Å². The van der Waals surface area contributed by atoms with Crippen LogP contribution in [0, 0.1) is 6.92 Å². The number of rotatable bonds is 8. The standard InChI is InChI=1S/C19H29N3O4/c1-5-22(11-18(23)24)15-9-14(10-15)21-19(25)20-13(3)16-8-12(2)6-7-17(16)26-4/h6-8,13-15H,5,9-11H2,1-4H3,(H,23,24)(H2,20,21,25). The van der Waals surface area contributed by atoms with E-state index in [0.29, 0.717) is 6.54 Å². The number of carbonyl (C=O) groups excluding carboxylic acids is 1. The van der Waals surface area contributed by atoms with E-state index < -0.39 is 5.97 Å². The monoisotopic (exact) mass is 363 g/mol. The van der Waals surface area contributed by atoms with Crippen LogP contribution in [-0.4, -0.2) is 54.3 Å². The summed E-state index contributed by atoms with van der Waals surface area (Å²) in [6.45, 7) is 6.62. The lowest BCUT2D eigenvalue weighted by atomic mass is 9.85. The third-order valence-corrected chi connectivity index (χ3v) is 4.91. The van der Waals surface area contributed by atoms with Crippen LogP contribution in [0.2, 0.25) is 0 Å². The number of hydrogen-bond acceptors (Lipinski definition) is 4. The van der Waals surface area contributed by atoms with Gasteiger partial charge in [0.1, 0.15) is 5.75 Å². The first-order valence-corrected chi connectivity index (χ1v) is 9.01. The molecule has 7 nitrogen and oxygen atoms in total. The molecule has 1 fully saturated rings. The second kappa shape index (κ2) is 8.89. The van der Waals surface area contributed by atoms with Gasteiger partial charge in [0.05, 0.1) is 19.7 Å². The van der Waals surface area contributed by atoms with E-state index in [1.165, 1.54) is 0 Å². The van der Waals surface area contributed by atoms with Gasteiger partial charge in [-0.3, -0.25) is 9.69 Å². The molecule has 0 spiro atoms. The minimum atomic E-state index is -0.818. The highest BCUT2D eigenvalue weighted by atomic mass is 16.5. The molecule has 0 aliphatic heterocycles. The van der Waals surface area contributed by atoms with Crippen molar-refractivity contribution < 1.29 is 19.4 Å². The zero-order valence-electron chi connectivity index (χ0n) is 15.9. The van der Waals surface area contributed by atoms with E-state index in [1.807, 2.05) is 43.9 Å². The Balaban J connectivity index is 1.83. The molecule has 7 heteroatoms. The Bertz CT molecular complexity index is 644. The van der Waals surface area contributed by atoms with Crippen molar-refractivity contribution in [3.63, 3.8) is 0 Å². The number of hydrogen-bond donors (Lipinski definition) is 3. The Morgan fingerprint density at radius 2 is 2.08 bits per heavy atom. The average molecular weight is 363 g/mol. The number of urea groups is 1. The zero-order valence-corrected chi connectivity index (χ0v) is 15.9. The minimum absolute atomic E-state index is 0.0459. The molecule has 2 amide bonds. The van der Waals surface area contributed by atoms with Crippen molar-refractivity contribution in [2.75, 3.05) is 20.2 Å². The third kappa shape index (κ3) is 5.11. The fourth-order valence-corrected chi connectivity index (χ4v) is 3.37. The molecule has 1 atom stereocenters. The molecule has 0 bridgehead atoms. The highest BCUT2D eigenvalue weighted by molar-refractivity contribution is 5.75. The summed E-state index contributed by atoms with van der Waals surface area (Å²) < 4.78 is 5.38. The van der Waals surface area contributed by atoms with Crippen LogP contribution < -0.4 is 15.4 Å². The lowest BCUT2D eigenvalue weighted by Crippen LogP contribution is -2.56. The number of methoxy groups -OCH3 is 1. The SMILES string of the molecule is CCN(CC(=O)O)C1CC(NC(=O)NC(C)c2cc(C)ccc2OC)C1. The normalized spacial score (nSPS) is 20.2. The smallest absolute Gasteiger partial charge is 0.317 e. The van der Waals surface area contributed by atoms with E-state index >= 15 is 0 Å². The number of carboxylic acids is 1. The van der Waals surface area contributed by atoms with Gasteiger partial charge in [-0.1, -0.05) is 24.6 Å². The molecule has 0 aromatic heterocycles. The number of benzene rings is 1. The van der Waals surface area contributed by atoms with Gasteiger partial charge in [-0.05, 0) is 39.3 Å². The van der Waals surface area contributed by atoms with Gasteiger partial charge in [-0.2, -0.15) is 0 Å². The van der Waals surface area contributed by atoms with Crippen molar-refractivity contribution in [2.24, 2.45) is 0 Å². The molecule has 1 saturated carbocycles. The first-order valence-electron chi connectivity index (χ1n) is 9.01. The fourth-order valence-electron chi connectivity index (χ4n) is 3.37. The van der Waals surface area contributed by atoms with Gasteiger partial charge in [-0.15, -0.1) is 0 Å². The second-order valence-corrected chi connectivity index (χ2v) is 6.86. The molecule has 1 aromatic carbocycles. The minimum Gasteiger partial charge on any atom is -0.496 e. The summed E-state index contributed by atoms with van der Waals surface area (Å²) in [5.41, 5.74) is 2.04. The maximum absolute atomic E-state index is 12.3. The van der Waals surface area contributed by atoms with Crippen molar-refractivity contribution in [3.8, 4) is 5.75 Å². The molecule has 1 aliphatic carbocycles. The predicted octanol–water partition coefficient (Wildman–Crippen LogP) is 2.30. The molecular formula is C19H29N3O4. The van der Waals surface area contributed by atoms with Crippen LogP contribution in [0.4, 0.5) is 4.79 Å². The maximum atomic E-state index is 12.3. The molecule has 144 valence electrons. The summed E-state index contributed by atoms with van der Waals surface area (Å²) in [7, 11) is 1.62. The summed E-state index contributed by atoms with van der Waals surface area (Å²) in [6, 6.07) is 5.78. The number of carboxylic acid groups (broad SMARTS) is 1. The van der Waals surface area contributed by atoms with Gasteiger partial charge < -0.3 is 20.5 Å². The van der Waals surface area contributed by atoms with E-state index in [-0.39, 0.29) is 30.7 Å². The highest BCUT2D eigenvalue weighted by Gasteiger charge is 2.34. The molecule has 1 unspecified atom stereocenters. The highest BCUT2D eigenvalue weighted by Crippen LogP contribution is 2.27. The molecule has 1 aromatic rings. The summed E-state index contributed by atoms with van der Waals surface area (Å²) in [4.78, 5) is 25.1. The Kier molecular flexibility index (Phi) is 6.85. The summed E-state index contributed by atoms with van der Waals surface area (Å²) in [5.74, 6) is -0.0682. The molecule has 3 N–H and O–H groups in total. The van der Waals surface area contributed by atoms with Gasteiger partial charge in [0, 0.05) is 17.6 Å². The Morgan fingerprint density at radius 1 is 1.38 bits per heavy atom. The average Bonchev–Trinajstić information content (AvgIpc) is 2.55. The molecule has 2 rings (SSSR count). The van der Waals surface area contributed by atoms with Gasteiger partial charge >= 0.3 is 12.0 Å². The van der Waals surface area contributed by atoms with Gasteiger partial charge in [0.25, 0.3) is 0 Å². The lowest BCUT2D eigenvalue weighted by molar-refractivity contribution is -0.139. The van der Waals surface area contributed by atoms with Crippen LogP contribution in [0.1, 0.15) is 43.9 Å². The van der Waals surface area contributed by atoms with Crippen LogP contribution in [0.5, 0.6) is 5.75 Å². The number of nitrogens with zero attached hydrogens (tertiary/aromatic N) is 1. The molecular weight excluding hydrogens is 334 g/mol. The van der Waals surface area contributed by atoms with Gasteiger partial charge in [0.2, 0.25) is 0 Å². The first kappa shape index (κ1) is 20.0. The molecule has 0 radical (unpaired) electrons. The first-order chi connectivity index (χ1) is 12.3. The zero-order chi connectivity index (χ0) is 19.3. The van der Waals surface area contributed by atoms with Gasteiger partial charge in [0.15, 0.2) is 0 Å². The largest absolute Gasteiger partial charge is 0.496 e. The topological polar surface area (TPSA) is 90.9 Å². The van der Waals surface area contributed by atoms with Gasteiger partial charge in [-0.25, -0.2) is 4.79 Å². The van der Waals surface area contributed by atoms with Crippen molar-refractivity contribution in [2.45, 2.75) is 51.7 Å². The summed E-state index contributed by atoms with van der Waals surface area (Å²) >= 11 is 0. The lowest BCUT2D eigenvalue weighted by Gasteiger charge is -2.42. The summed E-state index contributed by atoms with van der Waals surface area (Å²) in [6.07, 6.45) is 1.55. The number of aliphatic carboxylic acids is 1. The number of carbonyl (C=O) groups is 2. The number of amides is 2. The van der Waals surface area contributed by atoms with E-state index in [4.69, 9.17) is 9.84 Å². The molecule has 26 heavy (non-hydrogen) atoms. The van der Waals surface area contributed by atoms with Crippen molar-refractivity contribution >= 4 is 12.0 Å².